The number of thioether (sulfide) groups is 1. The predicted octanol–water partition coefficient (Wildman–Crippen LogP) is 2.39. The zero-order chi connectivity index (χ0) is 15.9. The van der Waals surface area contributed by atoms with E-state index in [0.29, 0.717) is 17.5 Å². The summed E-state index contributed by atoms with van der Waals surface area (Å²) in [6.45, 7) is 0.818. The molecule has 2 heterocycles. The van der Waals surface area contributed by atoms with Crippen LogP contribution in [0, 0.1) is 0 Å². The first kappa shape index (κ1) is 16.1. The van der Waals surface area contributed by atoms with Gasteiger partial charge in [0.25, 0.3) is 0 Å². The van der Waals surface area contributed by atoms with Crippen molar-refractivity contribution in [3.63, 3.8) is 0 Å². The Bertz CT molecular complexity index is 703. The molecule has 1 N–H and O–H groups in total. The van der Waals surface area contributed by atoms with Crippen LogP contribution in [0.1, 0.15) is 4.88 Å². The number of ether oxygens (including phenoxy) is 1. The van der Waals surface area contributed by atoms with Crippen LogP contribution in [-0.4, -0.2) is 43.8 Å². The standard InChI is InChI=1S/C15H16N4O2S2/c20-13(9-21-10-14-7-4-8-22-14)11-23-15-16-17-18-19(15)12-5-2-1-3-6-12/h1-8,13,20H,9-11H2/t13-/m0/s1. The van der Waals surface area contributed by atoms with Crippen molar-refractivity contribution in [2.45, 2.75) is 17.9 Å². The third-order valence-corrected chi connectivity index (χ3v) is 4.90. The van der Waals surface area contributed by atoms with Crippen molar-refractivity contribution in [2.24, 2.45) is 0 Å². The van der Waals surface area contributed by atoms with Gasteiger partial charge in [0, 0.05) is 10.6 Å². The van der Waals surface area contributed by atoms with Crippen LogP contribution >= 0.6 is 23.1 Å². The fourth-order valence-electron chi connectivity index (χ4n) is 1.91. The summed E-state index contributed by atoms with van der Waals surface area (Å²) in [5, 5.41) is 24.4. The van der Waals surface area contributed by atoms with E-state index in [4.69, 9.17) is 4.74 Å². The molecule has 0 aliphatic rings. The third kappa shape index (κ3) is 4.61. The van der Waals surface area contributed by atoms with E-state index in [1.165, 1.54) is 11.8 Å². The monoisotopic (exact) mass is 348 g/mol. The van der Waals surface area contributed by atoms with Crippen LogP contribution in [0.15, 0.2) is 53.0 Å². The molecule has 1 aromatic carbocycles. The second-order valence-corrected chi connectivity index (χ2v) is 6.79. The van der Waals surface area contributed by atoms with Crippen molar-refractivity contribution < 1.29 is 9.84 Å². The van der Waals surface area contributed by atoms with E-state index in [1.807, 2.05) is 47.8 Å². The molecule has 0 aliphatic carbocycles. The molecular weight excluding hydrogens is 332 g/mol. The van der Waals surface area contributed by atoms with E-state index in [0.717, 1.165) is 10.6 Å². The van der Waals surface area contributed by atoms with Crippen molar-refractivity contribution in [2.75, 3.05) is 12.4 Å². The average Bonchev–Trinajstić information content (AvgIpc) is 3.25. The number of thiophene rings is 1. The SMILES string of the molecule is O[C@@H](COCc1cccs1)CSc1nnnn1-c1ccccc1. The second-order valence-electron chi connectivity index (χ2n) is 4.77. The van der Waals surface area contributed by atoms with Crippen LogP contribution in [0.25, 0.3) is 5.69 Å². The van der Waals surface area contributed by atoms with E-state index in [1.54, 1.807) is 16.0 Å². The van der Waals surface area contributed by atoms with Gasteiger partial charge in [-0.25, -0.2) is 0 Å². The zero-order valence-corrected chi connectivity index (χ0v) is 13.9. The lowest BCUT2D eigenvalue weighted by Crippen LogP contribution is -2.18. The molecule has 0 spiro atoms. The lowest BCUT2D eigenvalue weighted by atomic mass is 10.3. The predicted molar refractivity (Wildman–Crippen MR) is 89.9 cm³/mol. The molecular formula is C15H16N4O2S2. The summed E-state index contributed by atoms with van der Waals surface area (Å²) in [6.07, 6.45) is -0.569. The highest BCUT2D eigenvalue weighted by atomic mass is 32.2. The van der Waals surface area contributed by atoms with Crippen LogP contribution in [0.4, 0.5) is 0 Å². The van der Waals surface area contributed by atoms with Crippen LogP contribution in [0.2, 0.25) is 0 Å². The summed E-state index contributed by atoms with van der Waals surface area (Å²) in [5.74, 6) is 0.470. The minimum atomic E-state index is -0.569. The van der Waals surface area contributed by atoms with Gasteiger partial charge in [0.2, 0.25) is 5.16 Å². The minimum absolute atomic E-state index is 0.289. The van der Waals surface area contributed by atoms with E-state index in [9.17, 15) is 5.11 Å². The molecule has 2 aromatic heterocycles. The molecule has 8 heteroatoms. The highest BCUT2D eigenvalue weighted by Crippen LogP contribution is 2.19. The fourth-order valence-corrected chi connectivity index (χ4v) is 3.35. The van der Waals surface area contributed by atoms with Gasteiger partial charge in [0.1, 0.15) is 0 Å². The Kier molecular flexibility index (Phi) is 5.76. The molecule has 1 atom stereocenters. The Labute approximate surface area is 142 Å². The maximum absolute atomic E-state index is 10.0. The summed E-state index contributed by atoms with van der Waals surface area (Å²) in [6, 6.07) is 13.7. The molecule has 0 fully saturated rings. The second kappa shape index (κ2) is 8.21. The number of aliphatic hydroxyl groups excluding tert-OH is 1. The van der Waals surface area contributed by atoms with Crippen molar-refractivity contribution >= 4 is 23.1 Å². The first-order chi connectivity index (χ1) is 11.3. The van der Waals surface area contributed by atoms with Crippen LogP contribution in [-0.2, 0) is 11.3 Å². The lowest BCUT2D eigenvalue weighted by Gasteiger charge is -2.10. The fraction of sp³-hybridized carbons (Fsp3) is 0.267. The first-order valence-corrected chi connectivity index (χ1v) is 8.94. The molecule has 3 rings (SSSR count). The number of para-hydroxylation sites is 1. The van der Waals surface area contributed by atoms with Crippen molar-refractivity contribution in [1.29, 1.82) is 0 Å². The number of benzene rings is 1. The maximum atomic E-state index is 10.0. The minimum Gasteiger partial charge on any atom is -0.390 e. The van der Waals surface area contributed by atoms with E-state index in [-0.39, 0.29) is 6.61 Å². The van der Waals surface area contributed by atoms with Gasteiger partial charge >= 0.3 is 0 Å². The van der Waals surface area contributed by atoms with Crippen molar-refractivity contribution in [1.82, 2.24) is 20.2 Å². The number of hydrogen-bond acceptors (Lipinski definition) is 7. The van der Waals surface area contributed by atoms with Crippen LogP contribution < -0.4 is 0 Å². The molecule has 6 nitrogen and oxygen atoms in total. The van der Waals surface area contributed by atoms with Crippen molar-refractivity contribution in [3.8, 4) is 5.69 Å². The Morgan fingerprint density at radius 3 is 2.87 bits per heavy atom. The number of tetrazole rings is 1. The molecule has 0 saturated heterocycles. The third-order valence-electron chi connectivity index (χ3n) is 2.98. The van der Waals surface area contributed by atoms with Crippen LogP contribution in [0.3, 0.4) is 0 Å². The first-order valence-electron chi connectivity index (χ1n) is 7.08. The summed E-state index contributed by atoms with van der Waals surface area (Å²) < 4.78 is 7.17. The smallest absolute Gasteiger partial charge is 0.214 e. The van der Waals surface area contributed by atoms with Gasteiger partial charge in [-0.2, -0.15) is 4.68 Å². The number of hydrogen-bond donors (Lipinski definition) is 1. The van der Waals surface area contributed by atoms with E-state index in [2.05, 4.69) is 15.5 Å². The molecule has 0 saturated carbocycles. The quantitative estimate of drug-likeness (QED) is 0.630. The number of aliphatic hydroxyl groups is 1. The number of nitrogens with zero attached hydrogens (tertiary/aromatic N) is 4. The average molecular weight is 348 g/mol. The molecule has 23 heavy (non-hydrogen) atoms. The molecule has 120 valence electrons. The summed E-state index contributed by atoms with van der Waals surface area (Å²) in [4.78, 5) is 1.15. The van der Waals surface area contributed by atoms with Gasteiger partial charge in [-0.15, -0.1) is 16.4 Å². The lowest BCUT2D eigenvalue weighted by molar-refractivity contribution is 0.0409. The van der Waals surface area contributed by atoms with Gasteiger partial charge < -0.3 is 9.84 Å². The highest BCUT2D eigenvalue weighted by Gasteiger charge is 2.12. The molecule has 0 aliphatic heterocycles. The molecule has 0 bridgehead atoms. The number of aromatic nitrogens is 4. The normalized spacial score (nSPS) is 12.4. The molecule has 0 radical (unpaired) electrons. The summed E-state index contributed by atoms with van der Waals surface area (Å²) in [5.41, 5.74) is 0.892. The molecule has 0 amide bonds. The topological polar surface area (TPSA) is 73.1 Å². The van der Waals surface area contributed by atoms with Gasteiger partial charge in [-0.05, 0) is 34.0 Å². The Morgan fingerprint density at radius 2 is 2.09 bits per heavy atom. The molecule has 0 unspecified atom stereocenters. The van der Waals surface area contributed by atoms with Gasteiger partial charge in [0.05, 0.1) is 25.0 Å². The van der Waals surface area contributed by atoms with E-state index < -0.39 is 6.10 Å². The Balaban J connectivity index is 1.48. The molecule has 3 aromatic rings. The highest BCUT2D eigenvalue weighted by molar-refractivity contribution is 7.99. The Morgan fingerprint density at radius 1 is 1.22 bits per heavy atom. The maximum Gasteiger partial charge on any atom is 0.214 e. The van der Waals surface area contributed by atoms with E-state index >= 15 is 0 Å². The summed E-state index contributed by atoms with van der Waals surface area (Å²) in [7, 11) is 0. The number of rotatable bonds is 8. The van der Waals surface area contributed by atoms with Gasteiger partial charge in [-0.3, -0.25) is 0 Å². The van der Waals surface area contributed by atoms with Gasteiger partial charge in [-0.1, -0.05) is 36.0 Å². The zero-order valence-electron chi connectivity index (χ0n) is 12.3. The van der Waals surface area contributed by atoms with Crippen molar-refractivity contribution in [3.05, 3.63) is 52.7 Å². The largest absolute Gasteiger partial charge is 0.390 e. The summed E-state index contributed by atoms with van der Waals surface area (Å²) >= 11 is 3.05. The Hall–Kier alpha value is -1.74. The van der Waals surface area contributed by atoms with Crippen LogP contribution in [0.5, 0.6) is 0 Å². The van der Waals surface area contributed by atoms with Gasteiger partial charge in [0.15, 0.2) is 0 Å².